The Morgan fingerprint density at radius 1 is 1.19 bits per heavy atom. The molecule has 0 aliphatic carbocycles. The van der Waals surface area contributed by atoms with E-state index in [1.165, 1.54) is 10.4 Å². The van der Waals surface area contributed by atoms with Crippen LogP contribution in [0.25, 0.3) is 0 Å². The fourth-order valence-electron chi connectivity index (χ4n) is 2.82. The van der Waals surface area contributed by atoms with E-state index in [2.05, 4.69) is 5.32 Å². The average Bonchev–Trinajstić information content (AvgIpc) is 2.69. The third-order valence-corrected chi connectivity index (χ3v) is 6.45. The third kappa shape index (κ3) is 4.52. The van der Waals surface area contributed by atoms with Gasteiger partial charge in [0.2, 0.25) is 16.1 Å². The lowest BCUT2D eigenvalue weighted by Gasteiger charge is -2.26. The number of carbonyl (C=O) groups is 1. The second kappa shape index (κ2) is 8.16. The van der Waals surface area contributed by atoms with E-state index in [0.29, 0.717) is 32.0 Å². The summed E-state index contributed by atoms with van der Waals surface area (Å²) >= 11 is 0. The first-order chi connectivity index (χ1) is 12.9. The van der Waals surface area contributed by atoms with E-state index < -0.39 is 16.1 Å². The van der Waals surface area contributed by atoms with E-state index in [1.807, 2.05) is 31.5 Å². The molecule has 1 aromatic heterocycles. The molecular formula is C19H24N3O4S+. The highest BCUT2D eigenvalue weighted by Crippen LogP contribution is 2.21. The normalized spacial score (nSPS) is 16.7. The first-order valence-corrected chi connectivity index (χ1v) is 10.3. The Labute approximate surface area is 159 Å². The highest BCUT2D eigenvalue weighted by atomic mass is 32.2. The van der Waals surface area contributed by atoms with E-state index in [4.69, 9.17) is 4.74 Å². The molecule has 1 N–H and O–H groups in total. The molecule has 27 heavy (non-hydrogen) atoms. The van der Waals surface area contributed by atoms with Crippen molar-refractivity contribution in [1.29, 1.82) is 0 Å². The first-order valence-electron chi connectivity index (χ1n) is 8.84. The monoisotopic (exact) mass is 390 g/mol. The van der Waals surface area contributed by atoms with Gasteiger partial charge in [0.15, 0.2) is 12.4 Å². The summed E-state index contributed by atoms with van der Waals surface area (Å²) in [5.41, 5.74) is 1.56. The molecule has 2 aromatic rings. The van der Waals surface area contributed by atoms with Gasteiger partial charge in [0, 0.05) is 37.8 Å². The molecule has 0 radical (unpaired) electrons. The minimum Gasteiger partial charge on any atom is -0.379 e. The van der Waals surface area contributed by atoms with E-state index in [0.717, 1.165) is 5.56 Å². The second-order valence-electron chi connectivity index (χ2n) is 6.53. The van der Waals surface area contributed by atoms with Gasteiger partial charge in [-0.15, -0.1) is 0 Å². The van der Waals surface area contributed by atoms with Gasteiger partial charge in [-0.3, -0.25) is 4.79 Å². The van der Waals surface area contributed by atoms with Crippen LogP contribution in [0.2, 0.25) is 0 Å². The van der Waals surface area contributed by atoms with Crippen LogP contribution >= 0.6 is 0 Å². The van der Waals surface area contributed by atoms with Gasteiger partial charge >= 0.3 is 0 Å². The van der Waals surface area contributed by atoms with Gasteiger partial charge in [0.1, 0.15) is 0 Å². The Bertz CT molecular complexity index is 907. The number of aromatic nitrogens is 1. The summed E-state index contributed by atoms with van der Waals surface area (Å²) in [7, 11) is -3.60. The fourth-order valence-corrected chi connectivity index (χ4v) is 4.28. The van der Waals surface area contributed by atoms with E-state index in [9.17, 15) is 13.2 Å². The molecular weight excluding hydrogens is 366 g/mol. The zero-order valence-electron chi connectivity index (χ0n) is 15.5. The van der Waals surface area contributed by atoms with Gasteiger partial charge in [0.05, 0.1) is 18.1 Å². The van der Waals surface area contributed by atoms with Gasteiger partial charge in [-0.25, -0.2) is 8.42 Å². The predicted octanol–water partition coefficient (Wildman–Crippen LogP) is 1.50. The average molecular weight is 390 g/mol. The van der Waals surface area contributed by atoms with Crippen LogP contribution in [0, 0.1) is 6.92 Å². The zero-order chi connectivity index (χ0) is 19.4. The summed E-state index contributed by atoms with van der Waals surface area (Å²) in [4.78, 5) is 12.7. The number of ether oxygens (including phenoxy) is 1. The number of sulfonamides is 1. The molecule has 1 fully saturated rings. The van der Waals surface area contributed by atoms with E-state index in [-0.39, 0.29) is 10.8 Å². The summed E-state index contributed by atoms with van der Waals surface area (Å²) in [6.07, 6.45) is 3.69. The molecule has 1 aromatic carbocycles. The number of nitrogens with one attached hydrogen (secondary N) is 1. The van der Waals surface area contributed by atoms with Crippen LogP contribution < -0.4 is 9.88 Å². The zero-order valence-corrected chi connectivity index (χ0v) is 16.3. The number of benzene rings is 1. The number of hydrogen-bond acceptors (Lipinski definition) is 4. The number of carbonyl (C=O) groups excluding carboxylic acids is 1. The van der Waals surface area contributed by atoms with Crippen LogP contribution in [-0.2, 0) is 19.6 Å². The van der Waals surface area contributed by atoms with Crippen molar-refractivity contribution < 1.29 is 22.5 Å². The van der Waals surface area contributed by atoms with Crippen molar-refractivity contribution in [3.63, 3.8) is 0 Å². The second-order valence-corrected chi connectivity index (χ2v) is 8.47. The summed E-state index contributed by atoms with van der Waals surface area (Å²) < 4.78 is 34.0. The lowest BCUT2D eigenvalue weighted by atomic mass is 10.2. The predicted molar refractivity (Wildman–Crippen MR) is 101 cm³/mol. The van der Waals surface area contributed by atoms with Crippen molar-refractivity contribution in [2.45, 2.75) is 24.8 Å². The minimum atomic E-state index is -3.60. The summed E-state index contributed by atoms with van der Waals surface area (Å²) in [5.74, 6) is -0.218. The molecule has 2 heterocycles. The molecule has 0 unspecified atom stereocenters. The highest BCUT2D eigenvalue weighted by Gasteiger charge is 2.27. The number of anilines is 1. The minimum absolute atomic E-state index is 0.165. The first kappa shape index (κ1) is 19.5. The van der Waals surface area contributed by atoms with Crippen molar-refractivity contribution >= 4 is 21.6 Å². The van der Waals surface area contributed by atoms with Crippen molar-refractivity contribution in [3.8, 4) is 0 Å². The molecule has 7 nitrogen and oxygen atoms in total. The largest absolute Gasteiger partial charge is 0.379 e. The van der Waals surface area contributed by atoms with Crippen molar-refractivity contribution in [2.24, 2.45) is 0 Å². The van der Waals surface area contributed by atoms with Crippen molar-refractivity contribution in [3.05, 3.63) is 54.4 Å². The van der Waals surface area contributed by atoms with Gasteiger partial charge in [-0.05, 0) is 30.7 Å². The van der Waals surface area contributed by atoms with Gasteiger partial charge in [-0.1, -0.05) is 6.07 Å². The van der Waals surface area contributed by atoms with Crippen LogP contribution in [-0.4, -0.2) is 44.9 Å². The number of hydrogen-bond donors (Lipinski definition) is 1. The lowest BCUT2D eigenvalue weighted by Crippen LogP contribution is -2.44. The maximum atomic E-state index is 12.8. The standard InChI is InChI=1S/C19H23N3O4S/c1-15-6-8-21(9-7-15)16(2)19(23)20-17-4-3-5-18(14-17)27(24,25)22-10-12-26-13-11-22/h3-9,14,16H,10-13H2,1-2H3/p+1/t16-/m0/s1. The molecule has 144 valence electrons. The molecule has 1 aliphatic rings. The Morgan fingerprint density at radius 2 is 1.85 bits per heavy atom. The number of amides is 1. The lowest BCUT2D eigenvalue weighted by molar-refractivity contribution is -0.705. The smallest absolute Gasteiger partial charge is 0.293 e. The SMILES string of the molecule is Cc1cc[n+]([C@@H](C)C(=O)Nc2cccc(S(=O)(=O)N3CCOCC3)c2)cc1. The maximum absolute atomic E-state index is 12.8. The van der Waals surface area contributed by atoms with Crippen molar-refractivity contribution in [2.75, 3.05) is 31.6 Å². The number of rotatable bonds is 5. The Kier molecular flexibility index (Phi) is 5.88. The third-order valence-electron chi connectivity index (χ3n) is 4.56. The number of aryl methyl sites for hydroxylation is 1. The molecule has 1 saturated heterocycles. The van der Waals surface area contributed by atoms with Crippen molar-refractivity contribution in [1.82, 2.24) is 4.31 Å². The van der Waals surface area contributed by atoms with Crippen LogP contribution in [0.5, 0.6) is 0 Å². The van der Waals surface area contributed by atoms with E-state index in [1.54, 1.807) is 29.7 Å². The molecule has 3 rings (SSSR count). The van der Waals surface area contributed by atoms with Crippen LogP contribution in [0.15, 0.2) is 53.7 Å². The number of morpholine rings is 1. The number of pyridine rings is 1. The fraction of sp³-hybridized carbons (Fsp3) is 0.368. The maximum Gasteiger partial charge on any atom is 0.293 e. The molecule has 8 heteroatoms. The van der Waals surface area contributed by atoms with Gasteiger partial charge < -0.3 is 10.1 Å². The Balaban J connectivity index is 1.75. The summed E-state index contributed by atoms with van der Waals surface area (Å²) in [6, 6.07) is 9.78. The molecule has 1 aliphatic heterocycles. The molecule has 0 saturated carbocycles. The van der Waals surface area contributed by atoms with Crippen LogP contribution in [0.1, 0.15) is 18.5 Å². The Morgan fingerprint density at radius 3 is 2.52 bits per heavy atom. The molecule has 1 atom stereocenters. The highest BCUT2D eigenvalue weighted by molar-refractivity contribution is 7.89. The number of nitrogens with zero attached hydrogens (tertiary/aromatic N) is 2. The van der Waals surface area contributed by atoms with Gasteiger partial charge in [-0.2, -0.15) is 8.87 Å². The summed E-state index contributed by atoms with van der Waals surface area (Å²) in [5, 5.41) is 2.80. The van der Waals surface area contributed by atoms with Crippen LogP contribution in [0.4, 0.5) is 5.69 Å². The molecule has 1 amide bonds. The molecule has 0 bridgehead atoms. The van der Waals surface area contributed by atoms with Crippen LogP contribution in [0.3, 0.4) is 0 Å². The Hall–Kier alpha value is -2.29. The quantitative estimate of drug-likeness (QED) is 0.785. The van der Waals surface area contributed by atoms with E-state index >= 15 is 0 Å². The topological polar surface area (TPSA) is 79.6 Å². The van der Waals surface area contributed by atoms with Gasteiger partial charge in [0.25, 0.3) is 5.91 Å². The molecule has 0 spiro atoms. The summed E-state index contributed by atoms with van der Waals surface area (Å²) in [6.45, 7) is 5.22.